The minimum atomic E-state index is 0.507. The van der Waals surface area contributed by atoms with Crippen LogP contribution < -0.4 is 5.73 Å². The van der Waals surface area contributed by atoms with Gasteiger partial charge in [-0.3, -0.25) is 0 Å². The van der Waals surface area contributed by atoms with Crippen LogP contribution in [0.5, 0.6) is 0 Å². The Kier molecular flexibility index (Phi) is 2.64. The molecule has 0 aliphatic heterocycles. The van der Waals surface area contributed by atoms with Crippen molar-refractivity contribution < 1.29 is 0 Å². The minimum absolute atomic E-state index is 0.507. The van der Waals surface area contributed by atoms with Crippen molar-refractivity contribution in [3.63, 3.8) is 0 Å². The van der Waals surface area contributed by atoms with Gasteiger partial charge >= 0.3 is 0 Å². The molecule has 1 aliphatic carbocycles. The Morgan fingerprint density at radius 1 is 1.47 bits per heavy atom. The van der Waals surface area contributed by atoms with E-state index in [4.69, 9.17) is 17.3 Å². The molecule has 1 aromatic heterocycles. The van der Waals surface area contributed by atoms with Crippen molar-refractivity contribution in [1.29, 1.82) is 0 Å². The molecule has 90 valence electrons. The van der Waals surface area contributed by atoms with Gasteiger partial charge in [0.05, 0.1) is 5.52 Å². The first-order valence-corrected chi connectivity index (χ1v) is 6.59. The van der Waals surface area contributed by atoms with Gasteiger partial charge < -0.3 is 10.7 Å². The van der Waals surface area contributed by atoms with Crippen molar-refractivity contribution in [2.45, 2.75) is 32.1 Å². The molecule has 2 nitrogen and oxygen atoms in total. The van der Waals surface area contributed by atoms with Crippen LogP contribution >= 0.6 is 11.6 Å². The molecule has 0 fully saturated rings. The van der Waals surface area contributed by atoms with Gasteiger partial charge in [0.1, 0.15) is 0 Å². The fourth-order valence-corrected chi connectivity index (χ4v) is 3.18. The molecule has 0 bridgehead atoms. The first-order valence-electron chi connectivity index (χ1n) is 6.22. The second-order valence-corrected chi connectivity index (χ2v) is 5.34. The highest BCUT2D eigenvalue weighted by atomic mass is 35.5. The largest absolute Gasteiger partial charge is 0.358 e. The van der Waals surface area contributed by atoms with E-state index in [1.165, 1.54) is 35.0 Å². The highest BCUT2D eigenvalue weighted by molar-refractivity contribution is 6.32. The highest BCUT2D eigenvalue weighted by Gasteiger charge is 2.24. The predicted molar refractivity (Wildman–Crippen MR) is 72.8 cm³/mol. The van der Waals surface area contributed by atoms with Crippen LogP contribution in [-0.2, 0) is 6.42 Å². The fraction of sp³-hybridized carbons (Fsp3) is 0.429. The van der Waals surface area contributed by atoms with Crippen LogP contribution in [0.4, 0.5) is 0 Å². The van der Waals surface area contributed by atoms with Gasteiger partial charge in [-0.05, 0) is 55.8 Å². The van der Waals surface area contributed by atoms with Gasteiger partial charge in [-0.15, -0.1) is 0 Å². The lowest BCUT2D eigenvalue weighted by atomic mass is 9.85. The number of fused-ring (bicyclic) bond motifs is 3. The Morgan fingerprint density at radius 2 is 2.29 bits per heavy atom. The molecule has 0 spiro atoms. The van der Waals surface area contributed by atoms with Crippen molar-refractivity contribution in [3.8, 4) is 0 Å². The minimum Gasteiger partial charge on any atom is -0.358 e. The SMILES string of the molecule is Cc1c(Cl)ccc2c3c([nH]c12)CCCC3CN. The summed E-state index contributed by atoms with van der Waals surface area (Å²) in [5.74, 6) is 0.507. The molecular weight excluding hydrogens is 232 g/mol. The number of aryl methyl sites for hydroxylation is 2. The average molecular weight is 249 g/mol. The Hall–Kier alpha value is -0.990. The maximum absolute atomic E-state index is 6.18. The molecule has 1 atom stereocenters. The zero-order chi connectivity index (χ0) is 12.0. The number of hydrogen-bond acceptors (Lipinski definition) is 1. The third kappa shape index (κ3) is 1.59. The molecule has 1 aliphatic rings. The van der Waals surface area contributed by atoms with E-state index in [0.29, 0.717) is 5.92 Å². The lowest BCUT2D eigenvalue weighted by Gasteiger charge is -2.21. The normalized spacial score (nSPS) is 19.6. The van der Waals surface area contributed by atoms with Crippen LogP contribution in [-0.4, -0.2) is 11.5 Å². The van der Waals surface area contributed by atoms with Crippen LogP contribution in [0.2, 0.25) is 5.02 Å². The topological polar surface area (TPSA) is 41.8 Å². The molecular formula is C14H17ClN2. The quantitative estimate of drug-likeness (QED) is 0.797. The highest BCUT2D eigenvalue weighted by Crippen LogP contribution is 2.38. The Morgan fingerprint density at radius 3 is 3.06 bits per heavy atom. The van der Waals surface area contributed by atoms with Crippen molar-refractivity contribution >= 4 is 22.5 Å². The lowest BCUT2D eigenvalue weighted by molar-refractivity contribution is 0.560. The zero-order valence-electron chi connectivity index (χ0n) is 10.0. The number of nitrogens with one attached hydrogen (secondary N) is 1. The molecule has 2 aromatic rings. The van der Waals surface area contributed by atoms with E-state index in [9.17, 15) is 0 Å². The Balaban J connectivity index is 2.31. The average Bonchev–Trinajstić information content (AvgIpc) is 2.73. The number of aromatic nitrogens is 1. The second-order valence-electron chi connectivity index (χ2n) is 4.94. The van der Waals surface area contributed by atoms with E-state index in [2.05, 4.69) is 18.0 Å². The summed E-state index contributed by atoms with van der Waals surface area (Å²) in [5.41, 5.74) is 11.0. The fourth-order valence-electron chi connectivity index (χ4n) is 3.02. The molecule has 1 heterocycles. The van der Waals surface area contributed by atoms with Gasteiger partial charge in [0.25, 0.3) is 0 Å². The summed E-state index contributed by atoms with van der Waals surface area (Å²) in [6.07, 6.45) is 3.57. The van der Waals surface area contributed by atoms with Crippen molar-refractivity contribution in [2.24, 2.45) is 5.73 Å². The van der Waals surface area contributed by atoms with Gasteiger partial charge in [0, 0.05) is 16.1 Å². The predicted octanol–water partition coefficient (Wildman–Crippen LogP) is 3.51. The number of rotatable bonds is 1. The number of benzene rings is 1. The van der Waals surface area contributed by atoms with Crippen LogP contribution in [0.25, 0.3) is 10.9 Å². The van der Waals surface area contributed by atoms with Gasteiger partial charge in [0.2, 0.25) is 0 Å². The van der Waals surface area contributed by atoms with Gasteiger partial charge in [-0.25, -0.2) is 0 Å². The lowest BCUT2D eigenvalue weighted by Crippen LogP contribution is -2.17. The summed E-state index contributed by atoms with van der Waals surface area (Å²) >= 11 is 6.18. The van der Waals surface area contributed by atoms with E-state index < -0.39 is 0 Å². The maximum Gasteiger partial charge on any atom is 0.0503 e. The van der Waals surface area contributed by atoms with Crippen LogP contribution in [0, 0.1) is 6.92 Å². The first-order chi connectivity index (χ1) is 8.22. The number of aromatic amines is 1. The Labute approximate surface area is 106 Å². The third-order valence-corrected chi connectivity index (χ3v) is 4.37. The van der Waals surface area contributed by atoms with Gasteiger partial charge in [0.15, 0.2) is 0 Å². The molecule has 1 aromatic carbocycles. The molecule has 3 N–H and O–H groups in total. The monoisotopic (exact) mass is 248 g/mol. The van der Waals surface area contributed by atoms with E-state index in [-0.39, 0.29) is 0 Å². The molecule has 0 saturated carbocycles. The third-order valence-electron chi connectivity index (χ3n) is 3.96. The number of H-pyrrole nitrogens is 1. The molecule has 3 rings (SSSR count). The second kappa shape index (κ2) is 4.04. The Bertz CT molecular complexity index is 571. The summed E-state index contributed by atoms with van der Waals surface area (Å²) in [4.78, 5) is 3.55. The standard InChI is InChI=1S/C14H17ClN2/c1-8-11(15)6-5-10-13-9(7-16)3-2-4-12(13)17-14(8)10/h5-6,9,17H,2-4,7,16H2,1H3. The maximum atomic E-state index is 6.18. The molecule has 0 amide bonds. The van der Waals surface area contributed by atoms with E-state index in [0.717, 1.165) is 23.6 Å². The van der Waals surface area contributed by atoms with Crippen LogP contribution in [0.3, 0.4) is 0 Å². The van der Waals surface area contributed by atoms with Crippen molar-refractivity contribution in [3.05, 3.63) is 34.0 Å². The van der Waals surface area contributed by atoms with Gasteiger partial charge in [-0.2, -0.15) is 0 Å². The molecule has 3 heteroatoms. The number of halogens is 1. The summed E-state index contributed by atoms with van der Waals surface area (Å²) in [7, 11) is 0. The van der Waals surface area contributed by atoms with E-state index in [1.807, 2.05) is 6.07 Å². The summed E-state index contributed by atoms with van der Waals surface area (Å²) in [6.45, 7) is 2.81. The zero-order valence-corrected chi connectivity index (χ0v) is 10.8. The smallest absolute Gasteiger partial charge is 0.0503 e. The molecule has 0 radical (unpaired) electrons. The molecule has 0 saturated heterocycles. The van der Waals surface area contributed by atoms with E-state index >= 15 is 0 Å². The van der Waals surface area contributed by atoms with Crippen LogP contribution in [0.1, 0.15) is 35.6 Å². The van der Waals surface area contributed by atoms with Gasteiger partial charge in [-0.1, -0.05) is 17.7 Å². The summed E-state index contributed by atoms with van der Waals surface area (Å²) < 4.78 is 0. The summed E-state index contributed by atoms with van der Waals surface area (Å²) in [6, 6.07) is 4.13. The van der Waals surface area contributed by atoms with Crippen molar-refractivity contribution in [2.75, 3.05) is 6.54 Å². The van der Waals surface area contributed by atoms with E-state index in [1.54, 1.807) is 0 Å². The molecule has 1 unspecified atom stereocenters. The van der Waals surface area contributed by atoms with Crippen molar-refractivity contribution in [1.82, 2.24) is 4.98 Å². The number of nitrogens with two attached hydrogens (primary N) is 1. The van der Waals surface area contributed by atoms with Crippen LogP contribution in [0.15, 0.2) is 12.1 Å². The first kappa shape index (κ1) is 11.1. The number of hydrogen-bond donors (Lipinski definition) is 2. The summed E-state index contributed by atoms with van der Waals surface area (Å²) in [5, 5.41) is 2.15. The molecule has 17 heavy (non-hydrogen) atoms.